The molecular weight excluding hydrogens is 380 g/mol. The maximum absolute atomic E-state index is 12.9. The Hall–Kier alpha value is -2.12. The molecule has 0 aromatic heterocycles. The molecule has 1 aromatic carbocycles. The van der Waals surface area contributed by atoms with E-state index in [1.54, 1.807) is 15.9 Å². The van der Waals surface area contributed by atoms with Crippen LogP contribution in [0.3, 0.4) is 0 Å². The first-order valence-corrected chi connectivity index (χ1v) is 9.74. The molecule has 2 atom stereocenters. The van der Waals surface area contributed by atoms with Crippen molar-refractivity contribution >= 4 is 30.1 Å². The van der Waals surface area contributed by atoms with E-state index in [1.807, 2.05) is 25.2 Å². The van der Waals surface area contributed by atoms with Crippen molar-refractivity contribution < 1.29 is 14.4 Å². The summed E-state index contributed by atoms with van der Waals surface area (Å²) in [5.41, 5.74) is 1.34. The number of piperidine rings is 1. The molecular formula is C20H27ClN4O3. The van der Waals surface area contributed by atoms with Crippen molar-refractivity contribution in [1.82, 2.24) is 20.4 Å². The average molecular weight is 407 g/mol. The van der Waals surface area contributed by atoms with E-state index in [-0.39, 0.29) is 42.7 Å². The number of likely N-dealkylation sites (N-methyl/N-ethyl adjacent to an activating group) is 1. The summed E-state index contributed by atoms with van der Waals surface area (Å²) in [7, 11) is 1.90. The van der Waals surface area contributed by atoms with Crippen LogP contribution in [-0.4, -0.2) is 66.3 Å². The van der Waals surface area contributed by atoms with Gasteiger partial charge in [-0.25, -0.2) is 0 Å². The van der Waals surface area contributed by atoms with E-state index in [1.165, 1.54) is 0 Å². The fraction of sp³-hybridized carbons (Fsp3) is 0.550. The zero-order chi connectivity index (χ0) is 19.0. The Bertz CT molecular complexity index is 768. The van der Waals surface area contributed by atoms with E-state index in [2.05, 4.69) is 10.6 Å². The monoisotopic (exact) mass is 406 g/mol. The van der Waals surface area contributed by atoms with Crippen LogP contribution in [0.4, 0.5) is 0 Å². The van der Waals surface area contributed by atoms with Crippen LogP contribution < -0.4 is 10.6 Å². The molecule has 8 heteroatoms. The van der Waals surface area contributed by atoms with E-state index in [0.717, 1.165) is 37.8 Å². The molecule has 28 heavy (non-hydrogen) atoms. The molecule has 0 spiro atoms. The molecule has 2 unspecified atom stereocenters. The molecule has 0 radical (unpaired) electrons. The van der Waals surface area contributed by atoms with Crippen LogP contribution in [0.1, 0.15) is 47.6 Å². The number of hydrogen-bond donors (Lipinski definition) is 2. The molecule has 1 aliphatic carbocycles. The standard InChI is InChI=1S/C20H26N4O3.ClH/c1-21-13-5-4-10-23(12-13)17(25)11-22-19(26)18-15-6-2-3-7-16(15)20(27)24(18)14-8-9-14;/h2-3,6-7,13-14,18,21H,4-5,8-12H2,1H3,(H,22,26);1H. The van der Waals surface area contributed by atoms with Gasteiger partial charge in [0, 0.05) is 30.7 Å². The number of hydrogen-bond acceptors (Lipinski definition) is 4. The highest BCUT2D eigenvalue weighted by molar-refractivity contribution is 6.05. The maximum Gasteiger partial charge on any atom is 0.255 e. The average Bonchev–Trinajstić information content (AvgIpc) is 3.50. The topological polar surface area (TPSA) is 81.8 Å². The van der Waals surface area contributed by atoms with Crippen molar-refractivity contribution in [2.75, 3.05) is 26.7 Å². The van der Waals surface area contributed by atoms with E-state index < -0.39 is 6.04 Å². The second-order valence-electron chi connectivity index (χ2n) is 7.62. The van der Waals surface area contributed by atoms with Gasteiger partial charge in [0.05, 0.1) is 6.54 Å². The number of carbonyl (C=O) groups is 3. The lowest BCUT2D eigenvalue weighted by Gasteiger charge is -2.33. The van der Waals surface area contributed by atoms with Gasteiger partial charge >= 0.3 is 0 Å². The van der Waals surface area contributed by atoms with E-state index in [9.17, 15) is 14.4 Å². The van der Waals surface area contributed by atoms with Gasteiger partial charge in [0.15, 0.2) is 0 Å². The van der Waals surface area contributed by atoms with Gasteiger partial charge in [0.25, 0.3) is 5.91 Å². The largest absolute Gasteiger partial charge is 0.345 e. The predicted molar refractivity (Wildman–Crippen MR) is 107 cm³/mol. The molecule has 4 rings (SSSR count). The molecule has 152 valence electrons. The third-order valence-corrected chi connectivity index (χ3v) is 5.78. The van der Waals surface area contributed by atoms with Crippen LogP contribution in [0.15, 0.2) is 24.3 Å². The third-order valence-electron chi connectivity index (χ3n) is 5.78. The third kappa shape index (κ3) is 3.86. The molecule has 1 aromatic rings. The molecule has 0 bridgehead atoms. The molecule has 1 saturated carbocycles. The summed E-state index contributed by atoms with van der Waals surface area (Å²) >= 11 is 0. The lowest BCUT2D eigenvalue weighted by Crippen LogP contribution is -2.50. The van der Waals surface area contributed by atoms with Crippen molar-refractivity contribution in [2.24, 2.45) is 0 Å². The van der Waals surface area contributed by atoms with Crippen LogP contribution in [-0.2, 0) is 9.59 Å². The first-order chi connectivity index (χ1) is 13.1. The van der Waals surface area contributed by atoms with Gasteiger partial charge in [-0.05, 0) is 44.4 Å². The Morgan fingerprint density at radius 2 is 1.93 bits per heavy atom. The second kappa shape index (κ2) is 8.49. The number of nitrogens with zero attached hydrogens (tertiary/aromatic N) is 2. The van der Waals surface area contributed by atoms with Crippen LogP contribution in [0.25, 0.3) is 0 Å². The molecule has 3 amide bonds. The summed E-state index contributed by atoms with van der Waals surface area (Å²) in [6.45, 7) is 1.37. The predicted octanol–water partition coefficient (Wildman–Crippen LogP) is 1.09. The maximum atomic E-state index is 12.9. The Labute approximate surface area is 171 Å². The fourth-order valence-electron chi connectivity index (χ4n) is 4.14. The van der Waals surface area contributed by atoms with Gasteiger partial charge in [-0.3, -0.25) is 14.4 Å². The van der Waals surface area contributed by atoms with Gasteiger partial charge < -0.3 is 20.4 Å². The number of amides is 3. The van der Waals surface area contributed by atoms with Crippen molar-refractivity contribution in [3.05, 3.63) is 35.4 Å². The number of benzene rings is 1. The lowest BCUT2D eigenvalue weighted by atomic mass is 10.0. The molecule has 3 aliphatic rings. The van der Waals surface area contributed by atoms with Crippen LogP contribution >= 0.6 is 12.4 Å². The Morgan fingerprint density at radius 1 is 1.18 bits per heavy atom. The van der Waals surface area contributed by atoms with Gasteiger partial charge in [-0.2, -0.15) is 0 Å². The zero-order valence-electron chi connectivity index (χ0n) is 16.0. The summed E-state index contributed by atoms with van der Waals surface area (Å²) in [4.78, 5) is 41.6. The molecule has 2 heterocycles. The highest BCUT2D eigenvalue weighted by Crippen LogP contribution is 2.41. The Kier molecular flexibility index (Phi) is 6.25. The summed E-state index contributed by atoms with van der Waals surface area (Å²) in [5, 5.41) is 6.00. The number of carbonyl (C=O) groups excluding carboxylic acids is 3. The smallest absolute Gasteiger partial charge is 0.255 e. The first kappa shape index (κ1) is 20.6. The quantitative estimate of drug-likeness (QED) is 0.767. The second-order valence-corrected chi connectivity index (χ2v) is 7.62. The first-order valence-electron chi connectivity index (χ1n) is 9.74. The summed E-state index contributed by atoms with van der Waals surface area (Å²) in [6.07, 6.45) is 3.89. The summed E-state index contributed by atoms with van der Waals surface area (Å²) < 4.78 is 0. The number of nitrogens with one attached hydrogen (secondary N) is 2. The summed E-state index contributed by atoms with van der Waals surface area (Å²) in [6, 6.07) is 7.10. The SMILES string of the molecule is CNC1CCCN(C(=O)CNC(=O)C2c3ccccc3C(=O)N2C2CC2)C1.Cl. The number of halogens is 1. The number of likely N-dealkylation sites (tertiary alicyclic amines) is 1. The van der Waals surface area contributed by atoms with Crippen molar-refractivity contribution in [2.45, 2.75) is 43.8 Å². The van der Waals surface area contributed by atoms with E-state index in [0.29, 0.717) is 18.2 Å². The Morgan fingerprint density at radius 3 is 2.64 bits per heavy atom. The zero-order valence-corrected chi connectivity index (χ0v) is 16.8. The lowest BCUT2D eigenvalue weighted by molar-refractivity contribution is -0.135. The van der Waals surface area contributed by atoms with Gasteiger partial charge in [0.2, 0.25) is 11.8 Å². The van der Waals surface area contributed by atoms with Crippen molar-refractivity contribution in [1.29, 1.82) is 0 Å². The summed E-state index contributed by atoms with van der Waals surface area (Å²) in [5.74, 6) is -0.415. The fourth-order valence-corrected chi connectivity index (χ4v) is 4.14. The molecule has 7 nitrogen and oxygen atoms in total. The number of fused-ring (bicyclic) bond motifs is 1. The minimum Gasteiger partial charge on any atom is -0.345 e. The van der Waals surface area contributed by atoms with Crippen molar-refractivity contribution in [3.8, 4) is 0 Å². The highest BCUT2D eigenvalue weighted by Gasteiger charge is 2.47. The minimum atomic E-state index is -0.625. The highest BCUT2D eigenvalue weighted by atomic mass is 35.5. The van der Waals surface area contributed by atoms with E-state index in [4.69, 9.17) is 0 Å². The van der Waals surface area contributed by atoms with E-state index >= 15 is 0 Å². The Balaban J connectivity index is 0.00000225. The van der Waals surface area contributed by atoms with Crippen LogP contribution in [0, 0.1) is 0 Å². The molecule has 1 saturated heterocycles. The molecule has 2 fully saturated rings. The van der Waals surface area contributed by atoms with Gasteiger partial charge in [-0.1, -0.05) is 18.2 Å². The molecule has 2 N–H and O–H groups in total. The van der Waals surface area contributed by atoms with Crippen LogP contribution in [0.5, 0.6) is 0 Å². The minimum absolute atomic E-state index is 0. The van der Waals surface area contributed by atoms with Crippen molar-refractivity contribution in [3.63, 3.8) is 0 Å². The van der Waals surface area contributed by atoms with Gasteiger partial charge in [-0.15, -0.1) is 12.4 Å². The normalized spacial score (nSPS) is 23.8. The van der Waals surface area contributed by atoms with Crippen LogP contribution in [0.2, 0.25) is 0 Å². The molecule has 2 aliphatic heterocycles. The number of rotatable bonds is 5. The van der Waals surface area contributed by atoms with Gasteiger partial charge in [0.1, 0.15) is 6.04 Å².